The molecule has 15 nitrogen and oxygen atoms in total. The third-order valence-electron chi connectivity index (χ3n) is 7.27. The number of urea groups is 1. The summed E-state index contributed by atoms with van der Waals surface area (Å²) in [7, 11) is -1.73. The van der Waals surface area contributed by atoms with E-state index in [2.05, 4.69) is 35.8 Å². The molecule has 2 aromatic carbocycles. The first kappa shape index (κ1) is 34.4. The molecule has 48 heavy (non-hydrogen) atoms. The van der Waals surface area contributed by atoms with E-state index in [1.165, 1.54) is 25.3 Å². The summed E-state index contributed by atoms with van der Waals surface area (Å²) < 4.78 is 64.2. The summed E-state index contributed by atoms with van der Waals surface area (Å²) >= 11 is 0. The second-order valence-corrected chi connectivity index (χ2v) is 15.4. The minimum Gasteiger partial charge on any atom is -0.306 e. The van der Waals surface area contributed by atoms with E-state index >= 15 is 8.78 Å². The van der Waals surface area contributed by atoms with Gasteiger partial charge in [0.05, 0.1) is 23.4 Å². The number of aromatic amines is 2. The molecular formula is C29H30F2N8O7S2. The fraction of sp³-hybridized carbons (Fsp3) is 0.207. The van der Waals surface area contributed by atoms with Crippen LogP contribution >= 0.6 is 10.0 Å². The number of anilines is 2. The molecule has 5 N–H and O–H groups in total. The second-order valence-electron chi connectivity index (χ2n) is 10.8. The summed E-state index contributed by atoms with van der Waals surface area (Å²) in [4.78, 5) is 50.4. The standard InChI is InChI=1S/C29H30F2N8O7S2/c1-38(2)15-47(14-18-19(30)6-5-7-20(18)31)25(16-8-10-17(11-9-16)32-29(42)37-46-4)23(24-26(40)33-28(41)34-27(24)47)21-12-13-22(36-35-21)39(3)48(43,44)45/h5-13H,14-15H2,1-4H3,(H2,32,37,42)(H,43,44,45)(H2,33,34,40,41). The molecule has 0 saturated carbocycles. The molecule has 0 aliphatic carbocycles. The molecule has 1 aliphatic heterocycles. The van der Waals surface area contributed by atoms with Crippen LogP contribution in [0.5, 0.6) is 0 Å². The quantitative estimate of drug-likeness (QED) is 0.0928. The number of H-pyrrole nitrogens is 2. The van der Waals surface area contributed by atoms with Crippen molar-refractivity contribution in [2.75, 3.05) is 43.8 Å². The van der Waals surface area contributed by atoms with E-state index in [9.17, 15) is 27.4 Å². The number of hydroxylamine groups is 1. The van der Waals surface area contributed by atoms with Crippen LogP contribution in [0.15, 0.2) is 69.2 Å². The predicted octanol–water partition coefficient (Wildman–Crippen LogP) is 2.87. The number of fused-ring (bicyclic) bond motifs is 1. The summed E-state index contributed by atoms with van der Waals surface area (Å²) in [5.41, 5.74) is 1.22. The topological polar surface area (TPSA) is 203 Å². The van der Waals surface area contributed by atoms with Crippen LogP contribution in [0, 0.1) is 11.6 Å². The molecule has 2 amide bonds. The highest BCUT2D eigenvalue weighted by atomic mass is 32.3. The van der Waals surface area contributed by atoms with Gasteiger partial charge in [0.1, 0.15) is 11.6 Å². The normalized spacial score (nSPS) is 17.2. The van der Waals surface area contributed by atoms with Gasteiger partial charge < -0.3 is 15.2 Å². The average molecular weight is 705 g/mol. The lowest BCUT2D eigenvalue weighted by Crippen LogP contribution is -2.29. The Morgan fingerprint density at radius 1 is 1.00 bits per heavy atom. The van der Waals surface area contributed by atoms with Gasteiger partial charge in [-0.25, -0.2) is 28.2 Å². The third kappa shape index (κ3) is 6.58. The Bertz CT molecular complexity index is 2120. The van der Waals surface area contributed by atoms with Gasteiger partial charge in [-0.3, -0.25) is 19.2 Å². The van der Waals surface area contributed by atoms with E-state index in [1.807, 2.05) is 0 Å². The number of benzene rings is 2. The molecular weight excluding hydrogens is 674 g/mol. The van der Waals surface area contributed by atoms with Gasteiger partial charge in [0, 0.05) is 40.4 Å². The van der Waals surface area contributed by atoms with Gasteiger partial charge in [0.15, 0.2) is 5.82 Å². The van der Waals surface area contributed by atoms with Crippen LogP contribution in [0.4, 0.5) is 25.1 Å². The second kappa shape index (κ2) is 13.3. The maximum atomic E-state index is 15.4. The van der Waals surface area contributed by atoms with Crippen LogP contribution in [0.25, 0.3) is 10.5 Å². The van der Waals surface area contributed by atoms with Gasteiger partial charge in [-0.15, -0.1) is 10.2 Å². The first-order chi connectivity index (χ1) is 22.7. The number of hydrogen-bond acceptors (Lipinski definition) is 9. The van der Waals surface area contributed by atoms with Crippen molar-refractivity contribution >= 4 is 48.3 Å². The minimum atomic E-state index is -4.68. The Morgan fingerprint density at radius 3 is 2.23 bits per heavy atom. The molecule has 0 bridgehead atoms. The number of carbonyl (C=O) groups excluding carboxylic acids is 1. The molecule has 1 unspecified atom stereocenters. The Morgan fingerprint density at radius 2 is 1.67 bits per heavy atom. The molecule has 4 aromatic rings. The SMILES string of the molecule is CONC(=O)Nc1ccc(C2=C(c3ccc(N(C)S(=O)(=O)O)nn3)c3c([nH]c(=O)[nH]c3=O)S2(Cc2c(F)cccc2F)CN(C)C)cc1. The van der Waals surface area contributed by atoms with E-state index in [0.29, 0.717) is 20.5 Å². The molecule has 0 radical (unpaired) electrons. The summed E-state index contributed by atoms with van der Waals surface area (Å²) in [6.07, 6.45) is 0. The molecule has 1 atom stereocenters. The maximum Gasteiger partial charge on any atom is 0.360 e. The van der Waals surface area contributed by atoms with Crippen LogP contribution in [-0.4, -0.2) is 78.2 Å². The first-order valence-electron chi connectivity index (χ1n) is 13.9. The lowest BCUT2D eigenvalue weighted by molar-refractivity contribution is 0.114. The predicted molar refractivity (Wildman–Crippen MR) is 176 cm³/mol. The fourth-order valence-electron chi connectivity index (χ4n) is 5.39. The van der Waals surface area contributed by atoms with E-state index in [4.69, 9.17) is 0 Å². The first-order valence-corrected chi connectivity index (χ1v) is 17.3. The van der Waals surface area contributed by atoms with Gasteiger partial charge in [0.2, 0.25) is 0 Å². The van der Waals surface area contributed by atoms with Gasteiger partial charge in [0.25, 0.3) is 5.56 Å². The number of carbonyl (C=O) groups is 1. The van der Waals surface area contributed by atoms with Crippen LogP contribution < -0.4 is 26.4 Å². The molecule has 254 valence electrons. The smallest absolute Gasteiger partial charge is 0.306 e. The fourth-order valence-corrected chi connectivity index (χ4v) is 10.3. The van der Waals surface area contributed by atoms with Crippen molar-refractivity contribution in [3.8, 4) is 0 Å². The van der Waals surface area contributed by atoms with Crippen molar-refractivity contribution < 1.29 is 31.4 Å². The lowest BCUT2D eigenvalue weighted by atomic mass is 10.0. The van der Waals surface area contributed by atoms with E-state index in [0.717, 1.165) is 19.2 Å². The Hall–Kier alpha value is -4.95. The molecule has 2 aromatic heterocycles. The van der Waals surface area contributed by atoms with Crippen LogP contribution in [0.2, 0.25) is 0 Å². The van der Waals surface area contributed by atoms with Gasteiger partial charge in [-0.05, 0) is 56.1 Å². The molecule has 0 spiro atoms. The monoisotopic (exact) mass is 704 g/mol. The molecule has 0 fully saturated rings. The van der Waals surface area contributed by atoms with Gasteiger partial charge in [-0.1, -0.05) is 18.2 Å². The Labute approximate surface area is 273 Å². The highest BCUT2D eigenvalue weighted by Crippen LogP contribution is 2.74. The van der Waals surface area contributed by atoms with Crippen molar-refractivity contribution in [2.45, 2.75) is 10.8 Å². The third-order valence-corrected chi connectivity index (χ3v) is 12.2. The van der Waals surface area contributed by atoms with Crippen LogP contribution in [0.3, 0.4) is 0 Å². The summed E-state index contributed by atoms with van der Waals surface area (Å²) in [6.45, 7) is 0. The number of nitrogens with zero attached hydrogens (tertiary/aromatic N) is 4. The van der Waals surface area contributed by atoms with E-state index in [-0.39, 0.29) is 44.9 Å². The molecule has 0 saturated heterocycles. The number of rotatable bonds is 10. The van der Waals surface area contributed by atoms with E-state index in [1.54, 1.807) is 43.3 Å². The van der Waals surface area contributed by atoms with Crippen molar-refractivity contribution in [1.82, 2.24) is 30.5 Å². The zero-order valence-corrected chi connectivity index (χ0v) is 27.5. The summed E-state index contributed by atoms with van der Waals surface area (Å²) in [5, 5.41) is 10.9. The van der Waals surface area contributed by atoms with Gasteiger partial charge in [-0.2, -0.15) is 18.4 Å². The highest BCUT2D eigenvalue weighted by molar-refractivity contribution is 8.40. The summed E-state index contributed by atoms with van der Waals surface area (Å²) in [5.74, 6) is -2.10. The van der Waals surface area contributed by atoms with E-state index < -0.39 is 49.2 Å². The summed E-state index contributed by atoms with van der Waals surface area (Å²) in [6, 6.07) is 11.8. The zero-order valence-electron chi connectivity index (χ0n) is 25.9. The van der Waals surface area contributed by atoms with Crippen molar-refractivity contribution in [2.24, 2.45) is 0 Å². The van der Waals surface area contributed by atoms with Crippen LogP contribution in [-0.2, 0) is 20.9 Å². The lowest BCUT2D eigenvalue weighted by Gasteiger charge is -2.41. The average Bonchev–Trinajstić information content (AvgIpc) is 3.28. The number of aromatic nitrogens is 4. The number of amides is 2. The molecule has 1 aliphatic rings. The zero-order chi connectivity index (χ0) is 35.0. The molecule has 3 heterocycles. The molecule has 5 rings (SSSR count). The molecule has 19 heteroatoms. The number of hydrogen-bond donors (Lipinski definition) is 5. The van der Waals surface area contributed by atoms with Crippen molar-refractivity contribution in [1.29, 1.82) is 0 Å². The van der Waals surface area contributed by atoms with Crippen LogP contribution in [0.1, 0.15) is 22.4 Å². The minimum absolute atomic E-state index is 0.0231. The highest BCUT2D eigenvalue weighted by Gasteiger charge is 2.46. The largest absolute Gasteiger partial charge is 0.360 e. The maximum absolute atomic E-state index is 15.4. The Kier molecular flexibility index (Phi) is 9.51. The van der Waals surface area contributed by atoms with Crippen molar-refractivity contribution in [3.63, 3.8) is 0 Å². The van der Waals surface area contributed by atoms with Crippen molar-refractivity contribution in [3.05, 3.63) is 109 Å². The van der Waals surface area contributed by atoms with Gasteiger partial charge >= 0.3 is 22.0 Å². The number of halogens is 2. The number of nitrogens with one attached hydrogen (secondary N) is 4. The Balaban J connectivity index is 1.86.